The first-order valence-electron chi connectivity index (χ1n) is 6.26. The topological polar surface area (TPSA) is 78.4 Å². The number of rotatable bonds is 7. The normalized spacial score (nSPS) is 13.6. The van der Waals surface area contributed by atoms with Gasteiger partial charge in [-0.05, 0) is 24.3 Å². The average Bonchev–Trinajstić information content (AvgIpc) is 2.78. The van der Waals surface area contributed by atoms with E-state index in [1.54, 1.807) is 18.3 Å². The minimum absolute atomic E-state index is 0.0495. The van der Waals surface area contributed by atoms with E-state index in [2.05, 4.69) is 10.6 Å². The van der Waals surface area contributed by atoms with Crippen molar-refractivity contribution in [2.45, 2.75) is 32.7 Å². The first kappa shape index (κ1) is 15.5. The smallest absolute Gasteiger partial charge is 0.315 e. The van der Waals surface area contributed by atoms with Gasteiger partial charge in [0.05, 0.1) is 0 Å². The summed E-state index contributed by atoms with van der Waals surface area (Å²) in [7, 11) is 0. The van der Waals surface area contributed by atoms with Gasteiger partial charge < -0.3 is 15.7 Å². The summed E-state index contributed by atoms with van der Waals surface area (Å²) in [6, 6.07) is 3.82. The molecule has 0 saturated carbocycles. The molecule has 1 aromatic rings. The van der Waals surface area contributed by atoms with Gasteiger partial charge >= 0.3 is 12.0 Å². The fraction of sp³-hybridized carbons (Fsp3) is 0.538. The predicted molar refractivity (Wildman–Crippen MR) is 75.4 cm³/mol. The average molecular weight is 284 g/mol. The molecule has 0 aliphatic carbocycles. The first-order chi connectivity index (χ1) is 8.97. The summed E-state index contributed by atoms with van der Waals surface area (Å²) in [5.74, 6) is -0.920. The highest BCUT2D eigenvalue weighted by molar-refractivity contribution is 7.09. The Hall–Kier alpha value is -1.56. The van der Waals surface area contributed by atoms with Crippen molar-refractivity contribution in [3.63, 3.8) is 0 Å². The van der Waals surface area contributed by atoms with Crippen LogP contribution in [0.5, 0.6) is 0 Å². The van der Waals surface area contributed by atoms with E-state index in [0.717, 1.165) is 6.42 Å². The van der Waals surface area contributed by atoms with Crippen molar-refractivity contribution in [3.05, 3.63) is 22.4 Å². The number of urea groups is 1. The predicted octanol–water partition coefficient (Wildman–Crippen LogP) is 2.09. The van der Waals surface area contributed by atoms with E-state index < -0.39 is 5.97 Å². The Bertz CT molecular complexity index is 406. The molecule has 0 aliphatic heterocycles. The maximum Gasteiger partial charge on any atom is 0.315 e. The van der Waals surface area contributed by atoms with Crippen molar-refractivity contribution < 1.29 is 14.7 Å². The van der Waals surface area contributed by atoms with E-state index in [1.165, 1.54) is 4.88 Å². The molecule has 0 aliphatic rings. The monoisotopic (exact) mass is 284 g/mol. The van der Waals surface area contributed by atoms with Gasteiger partial charge in [0.1, 0.15) is 0 Å². The maximum atomic E-state index is 11.6. The van der Waals surface area contributed by atoms with Crippen LogP contribution in [0.2, 0.25) is 0 Å². The summed E-state index contributed by atoms with van der Waals surface area (Å²) in [5, 5.41) is 16.1. The van der Waals surface area contributed by atoms with Gasteiger partial charge in [-0.3, -0.25) is 4.79 Å². The third kappa shape index (κ3) is 6.81. The van der Waals surface area contributed by atoms with Crippen LogP contribution in [-0.2, 0) is 11.2 Å². The second kappa shape index (κ2) is 7.78. The van der Waals surface area contributed by atoms with Crippen LogP contribution in [0.4, 0.5) is 4.79 Å². The fourth-order valence-electron chi connectivity index (χ4n) is 1.69. The lowest BCUT2D eigenvalue weighted by Crippen LogP contribution is -2.43. The number of amides is 2. The molecule has 1 heterocycles. The Morgan fingerprint density at radius 3 is 2.74 bits per heavy atom. The Kier molecular flexibility index (Phi) is 6.35. The number of carbonyl (C=O) groups is 2. The zero-order valence-corrected chi connectivity index (χ0v) is 12.0. The zero-order valence-electron chi connectivity index (χ0n) is 11.2. The molecule has 6 heteroatoms. The Balaban J connectivity index is 2.21. The molecule has 19 heavy (non-hydrogen) atoms. The second-order valence-electron chi connectivity index (χ2n) is 4.74. The van der Waals surface area contributed by atoms with Crippen LogP contribution in [-0.4, -0.2) is 29.7 Å². The fourth-order valence-corrected chi connectivity index (χ4v) is 2.53. The van der Waals surface area contributed by atoms with Crippen LogP contribution in [0, 0.1) is 5.92 Å². The van der Waals surface area contributed by atoms with Crippen LogP contribution in [0.3, 0.4) is 0 Å². The van der Waals surface area contributed by atoms with Crippen molar-refractivity contribution in [2.24, 2.45) is 5.92 Å². The van der Waals surface area contributed by atoms with Crippen LogP contribution < -0.4 is 10.6 Å². The number of hydrogen-bond donors (Lipinski definition) is 3. The van der Waals surface area contributed by atoms with Crippen LogP contribution in [0.25, 0.3) is 0 Å². The molecule has 1 aromatic heterocycles. The van der Waals surface area contributed by atoms with Crippen molar-refractivity contribution in [1.29, 1.82) is 0 Å². The number of aliphatic carboxylic acids is 1. The number of hydrogen-bond acceptors (Lipinski definition) is 3. The molecule has 0 bridgehead atoms. The lowest BCUT2D eigenvalue weighted by atomic mass is 10.1. The van der Waals surface area contributed by atoms with Gasteiger partial charge in [-0.2, -0.15) is 0 Å². The van der Waals surface area contributed by atoms with Gasteiger partial charge in [-0.25, -0.2) is 4.79 Å². The Morgan fingerprint density at radius 1 is 1.42 bits per heavy atom. The van der Waals surface area contributed by atoms with Gasteiger partial charge in [-0.15, -0.1) is 11.3 Å². The quantitative estimate of drug-likeness (QED) is 0.717. The molecular formula is C13H20N2O3S. The van der Waals surface area contributed by atoms with E-state index >= 15 is 0 Å². The lowest BCUT2D eigenvalue weighted by Gasteiger charge is -2.15. The van der Waals surface area contributed by atoms with Crippen molar-refractivity contribution >= 4 is 23.3 Å². The largest absolute Gasteiger partial charge is 0.481 e. The molecule has 1 rings (SSSR count). The van der Waals surface area contributed by atoms with Gasteiger partial charge in [0.15, 0.2) is 0 Å². The second-order valence-corrected chi connectivity index (χ2v) is 5.77. The van der Waals surface area contributed by atoms with Gasteiger partial charge in [0.2, 0.25) is 0 Å². The number of carboxylic acids is 1. The highest BCUT2D eigenvalue weighted by Crippen LogP contribution is 2.10. The van der Waals surface area contributed by atoms with Gasteiger partial charge in [-0.1, -0.05) is 13.0 Å². The molecule has 0 spiro atoms. The summed E-state index contributed by atoms with van der Waals surface area (Å²) in [4.78, 5) is 23.3. The van der Waals surface area contributed by atoms with Crippen molar-refractivity contribution in [3.8, 4) is 0 Å². The molecule has 0 fully saturated rings. The van der Waals surface area contributed by atoms with E-state index in [0.29, 0.717) is 6.54 Å². The molecule has 0 saturated heterocycles. The molecule has 106 valence electrons. The highest BCUT2D eigenvalue weighted by Gasteiger charge is 2.11. The molecule has 3 N–H and O–H groups in total. The first-order valence-corrected chi connectivity index (χ1v) is 7.14. The number of carboxylic acid groups (broad SMARTS) is 1. The number of thiophene rings is 1. The van der Waals surface area contributed by atoms with Crippen LogP contribution in [0.1, 0.15) is 25.1 Å². The molecule has 2 amide bonds. The third-order valence-corrected chi connectivity index (χ3v) is 3.50. The summed E-state index contributed by atoms with van der Waals surface area (Å²) in [5.41, 5.74) is 0. The SMILES string of the molecule is CC(CNC(=O)NC(C)Cc1cccs1)CC(=O)O. The van der Waals surface area contributed by atoms with E-state index in [-0.39, 0.29) is 24.4 Å². The summed E-state index contributed by atoms with van der Waals surface area (Å²) in [6.07, 6.45) is 0.862. The van der Waals surface area contributed by atoms with Crippen molar-refractivity contribution in [1.82, 2.24) is 10.6 Å². The standard InChI is InChI=1S/C13H20N2O3S/c1-9(6-12(16)17)8-14-13(18)15-10(2)7-11-4-3-5-19-11/h3-5,9-10H,6-8H2,1-2H3,(H,16,17)(H2,14,15,18). The van der Waals surface area contributed by atoms with Gasteiger partial charge in [0.25, 0.3) is 0 Å². The van der Waals surface area contributed by atoms with E-state index in [9.17, 15) is 9.59 Å². The third-order valence-electron chi connectivity index (χ3n) is 2.60. The lowest BCUT2D eigenvalue weighted by molar-refractivity contribution is -0.137. The Labute approximate surface area is 117 Å². The summed E-state index contributed by atoms with van der Waals surface area (Å²) < 4.78 is 0. The van der Waals surface area contributed by atoms with Crippen LogP contribution in [0.15, 0.2) is 17.5 Å². The molecule has 0 aromatic carbocycles. The molecule has 5 nitrogen and oxygen atoms in total. The maximum absolute atomic E-state index is 11.6. The zero-order chi connectivity index (χ0) is 14.3. The van der Waals surface area contributed by atoms with E-state index in [4.69, 9.17) is 5.11 Å². The summed E-state index contributed by atoms with van der Waals surface area (Å²) in [6.45, 7) is 4.10. The molecule has 0 radical (unpaired) electrons. The number of carbonyl (C=O) groups excluding carboxylic acids is 1. The molecular weight excluding hydrogens is 264 g/mol. The summed E-state index contributed by atoms with van der Waals surface area (Å²) >= 11 is 1.67. The minimum Gasteiger partial charge on any atom is -0.481 e. The number of nitrogens with one attached hydrogen (secondary N) is 2. The minimum atomic E-state index is -0.847. The molecule has 2 unspecified atom stereocenters. The molecule has 2 atom stereocenters. The Morgan fingerprint density at radius 2 is 2.16 bits per heavy atom. The van der Waals surface area contributed by atoms with Gasteiger partial charge in [0, 0.05) is 30.3 Å². The van der Waals surface area contributed by atoms with Crippen molar-refractivity contribution in [2.75, 3.05) is 6.54 Å². The highest BCUT2D eigenvalue weighted by atomic mass is 32.1. The van der Waals surface area contributed by atoms with Crippen LogP contribution >= 0.6 is 11.3 Å². The van der Waals surface area contributed by atoms with E-state index in [1.807, 2.05) is 24.4 Å².